The average molecular weight is 467 g/mol. The van der Waals surface area contributed by atoms with Crippen molar-refractivity contribution < 1.29 is 18.0 Å². The van der Waals surface area contributed by atoms with E-state index in [1.165, 1.54) is 6.07 Å². The van der Waals surface area contributed by atoms with Gasteiger partial charge >= 0.3 is 6.18 Å². The summed E-state index contributed by atoms with van der Waals surface area (Å²) >= 11 is 3.36. The minimum atomic E-state index is -4.39. The molecule has 0 unspecified atom stereocenters. The van der Waals surface area contributed by atoms with Gasteiger partial charge in [0.1, 0.15) is 0 Å². The molecule has 3 heterocycles. The molecule has 1 aliphatic rings. The van der Waals surface area contributed by atoms with Crippen LogP contribution in [0.1, 0.15) is 46.1 Å². The van der Waals surface area contributed by atoms with Crippen LogP contribution in [-0.2, 0) is 6.18 Å². The summed E-state index contributed by atoms with van der Waals surface area (Å²) in [5, 5.41) is 8.00. The highest BCUT2D eigenvalue weighted by Crippen LogP contribution is 2.39. The number of hydrogen-bond donors (Lipinski definition) is 0. The summed E-state index contributed by atoms with van der Waals surface area (Å²) in [6.07, 6.45) is -1.73. The van der Waals surface area contributed by atoms with Gasteiger partial charge in [0.15, 0.2) is 5.65 Å². The maximum atomic E-state index is 13.5. The van der Waals surface area contributed by atoms with Gasteiger partial charge in [-0.05, 0) is 65.4 Å². The van der Waals surface area contributed by atoms with Gasteiger partial charge in [-0.25, -0.2) is 0 Å². The fraction of sp³-hybridized carbons (Fsp3) is 0.350. The van der Waals surface area contributed by atoms with Gasteiger partial charge in [0.2, 0.25) is 5.82 Å². The number of amides is 1. The fourth-order valence-corrected chi connectivity index (χ4v) is 4.15. The fourth-order valence-electron chi connectivity index (χ4n) is 3.82. The zero-order valence-corrected chi connectivity index (χ0v) is 17.2. The lowest BCUT2D eigenvalue weighted by Crippen LogP contribution is -2.39. The zero-order valence-electron chi connectivity index (χ0n) is 15.6. The Balaban J connectivity index is 1.53. The second kappa shape index (κ2) is 7.44. The van der Waals surface area contributed by atoms with Crippen LogP contribution in [0.4, 0.5) is 13.2 Å². The Kier molecular flexibility index (Phi) is 5.10. The summed E-state index contributed by atoms with van der Waals surface area (Å²) < 4.78 is 42.8. The lowest BCUT2D eigenvalue weighted by molar-refractivity contribution is -0.138. The third kappa shape index (κ3) is 3.88. The standard InChI is InChI=1S/C20H18BrF3N4O/c1-12-2-4-15(16(10-12)20(22,23)24)13-6-8-27(9-7-13)19(29)18-26-25-17-5-3-14(21)11-28(17)18/h2-5,10-11,13H,6-9H2,1H3. The number of halogens is 4. The Hall–Kier alpha value is -2.42. The Bertz CT molecular complexity index is 1070. The van der Waals surface area contributed by atoms with Gasteiger partial charge in [-0.2, -0.15) is 13.2 Å². The molecule has 0 bridgehead atoms. The van der Waals surface area contributed by atoms with Crippen molar-refractivity contribution in [1.82, 2.24) is 19.5 Å². The molecule has 9 heteroatoms. The summed E-state index contributed by atoms with van der Waals surface area (Å²) in [7, 11) is 0. The number of rotatable bonds is 2. The van der Waals surface area contributed by atoms with Gasteiger partial charge in [-0.3, -0.25) is 9.20 Å². The van der Waals surface area contributed by atoms with Crippen molar-refractivity contribution in [3.63, 3.8) is 0 Å². The average Bonchev–Trinajstić information content (AvgIpc) is 3.10. The number of hydrogen-bond acceptors (Lipinski definition) is 3. The Labute approximate surface area is 173 Å². The summed E-state index contributed by atoms with van der Waals surface area (Å²) in [5.41, 5.74) is 0.877. The molecule has 0 saturated carbocycles. The smallest absolute Gasteiger partial charge is 0.336 e. The van der Waals surface area contributed by atoms with Crippen LogP contribution in [0.5, 0.6) is 0 Å². The molecule has 0 atom stereocenters. The van der Waals surface area contributed by atoms with E-state index in [1.807, 2.05) is 6.07 Å². The first-order chi connectivity index (χ1) is 13.7. The summed E-state index contributed by atoms with van der Waals surface area (Å²) in [6.45, 7) is 2.40. The summed E-state index contributed by atoms with van der Waals surface area (Å²) in [6, 6.07) is 8.04. The molecule has 5 nitrogen and oxygen atoms in total. The zero-order chi connectivity index (χ0) is 20.8. The maximum Gasteiger partial charge on any atom is 0.416 e. The number of carbonyl (C=O) groups is 1. The number of carbonyl (C=O) groups excluding carboxylic acids is 1. The van der Waals surface area contributed by atoms with E-state index in [0.717, 1.165) is 4.47 Å². The molecule has 4 rings (SSSR count). The van der Waals surface area contributed by atoms with Crippen LogP contribution in [0.2, 0.25) is 0 Å². The van der Waals surface area contributed by atoms with Crippen molar-refractivity contribution in [1.29, 1.82) is 0 Å². The van der Waals surface area contributed by atoms with Crippen molar-refractivity contribution in [3.8, 4) is 0 Å². The highest BCUT2D eigenvalue weighted by atomic mass is 79.9. The summed E-state index contributed by atoms with van der Waals surface area (Å²) in [5.74, 6) is -0.305. The SMILES string of the molecule is Cc1ccc(C2CCN(C(=O)c3nnc4ccc(Br)cn34)CC2)c(C(F)(F)F)c1. The maximum absolute atomic E-state index is 13.5. The molecule has 3 aromatic rings. The second-order valence-electron chi connectivity index (χ2n) is 7.25. The highest BCUT2D eigenvalue weighted by Gasteiger charge is 2.36. The number of pyridine rings is 1. The minimum absolute atomic E-state index is 0.200. The van der Waals surface area contributed by atoms with E-state index < -0.39 is 11.7 Å². The van der Waals surface area contributed by atoms with Crippen LogP contribution < -0.4 is 0 Å². The van der Waals surface area contributed by atoms with Gasteiger partial charge in [-0.1, -0.05) is 17.7 Å². The molecular formula is C20H18BrF3N4O. The number of nitrogens with zero attached hydrogens (tertiary/aromatic N) is 4. The van der Waals surface area contributed by atoms with E-state index in [0.29, 0.717) is 42.7 Å². The highest BCUT2D eigenvalue weighted by molar-refractivity contribution is 9.10. The van der Waals surface area contributed by atoms with E-state index >= 15 is 0 Å². The number of piperidine rings is 1. The second-order valence-corrected chi connectivity index (χ2v) is 8.17. The molecule has 0 spiro atoms. The first-order valence-corrected chi connectivity index (χ1v) is 10.0. The van der Waals surface area contributed by atoms with E-state index in [9.17, 15) is 18.0 Å². The third-order valence-corrected chi connectivity index (χ3v) is 5.76. The molecule has 1 amide bonds. The van der Waals surface area contributed by atoms with E-state index in [1.54, 1.807) is 40.6 Å². The number of fused-ring (bicyclic) bond motifs is 1. The Morgan fingerprint density at radius 2 is 1.86 bits per heavy atom. The van der Waals surface area contributed by atoms with Crippen LogP contribution in [0.3, 0.4) is 0 Å². The molecular weight excluding hydrogens is 449 g/mol. The van der Waals surface area contributed by atoms with Crippen LogP contribution in [0, 0.1) is 6.92 Å². The molecule has 1 fully saturated rings. The van der Waals surface area contributed by atoms with Crippen molar-refractivity contribution in [2.75, 3.05) is 13.1 Å². The molecule has 0 N–H and O–H groups in total. The van der Waals surface area contributed by atoms with Crippen molar-refractivity contribution >= 4 is 27.5 Å². The molecule has 0 radical (unpaired) electrons. The molecule has 1 saturated heterocycles. The quantitative estimate of drug-likeness (QED) is 0.542. The monoisotopic (exact) mass is 466 g/mol. The molecule has 29 heavy (non-hydrogen) atoms. The van der Waals surface area contributed by atoms with Gasteiger partial charge in [0.05, 0.1) is 5.56 Å². The van der Waals surface area contributed by atoms with Gasteiger partial charge in [-0.15, -0.1) is 10.2 Å². The summed E-state index contributed by atoms with van der Waals surface area (Å²) in [4.78, 5) is 14.5. The normalized spacial score (nSPS) is 15.8. The lowest BCUT2D eigenvalue weighted by Gasteiger charge is -2.33. The van der Waals surface area contributed by atoms with Crippen LogP contribution >= 0.6 is 15.9 Å². The Morgan fingerprint density at radius 3 is 2.55 bits per heavy atom. The van der Waals surface area contributed by atoms with Gasteiger partial charge in [0.25, 0.3) is 5.91 Å². The first-order valence-electron chi connectivity index (χ1n) is 9.21. The predicted molar refractivity (Wildman–Crippen MR) is 105 cm³/mol. The number of alkyl halides is 3. The number of aryl methyl sites for hydroxylation is 1. The van der Waals surface area contributed by atoms with Crippen molar-refractivity contribution in [2.24, 2.45) is 0 Å². The van der Waals surface area contributed by atoms with Crippen LogP contribution in [-0.4, -0.2) is 38.5 Å². The van der Waals surface area contributed by atoms with Gasteiger partial charge < -0.3 is 4.90 Å². The number of likely N-dealkylation sites (tertiary alicyclic amines) is 1. The van der Waals surface area contributed by atoms with E-state index in [2.05, 4.69) is 26.1 Å². The van der Waals surface area contributed by atoms with Crippen molar-refractivity contribution in [2.45, 2.75) is 31.9 Å². The van der Waals surface area contributed by atoms with Crippen LogP contribution in [0.25, 0.3) is 5.65 Å². The Morgan fingerprint density at radius 1 is 1.14 bits per heavy atom. The van der Waals surface area contributed by atoms with Crippen LogP contribution in [0.15, 0.2) is 41.0 Å². The third-order valence-electron chi connectivity index (χ3n) is 5.29. The van der Waals surface area contributed by atoms with E-state index in [-0.39, 0.29) is 17.6 Å². The van der Waals surface area contributed by atoms with Crippen molar-refractivity contribution in [3.05, 3.63) is 63.5 Å². The molecule has 1 aromatic carbocycles. The molecule has 152 valence electrons. The topological polar surface area (TPSA) is 50.5 Å². The lowest BCUT2D eigenvalue weighted by atomic mass is 9.85. The van der Waals surface area contributed by atoms with E-state index in [4.69, 9.17) is 0 Å². The number of benzene rings is 1. The minimum Gasteiger partial charge on any atom is -0.336 e. The first kappa shape index (κ1) is 19.9. The molecule has 2 aromatic heterocycles. The predicted octanol–water partition coefficient (Wildman–Crippen LogP) is 4.84. The molecule has 1 aliphatic heterocycles. The van der Waals surface area contributed by atoms with Gasteiger partial charge in [0, 0.05) is 23.8 Å². The largest absolute Gasteiger partial charge is 0.416 e. The molecule has 0 aliphatic carbocycles. The number of aromatic nitrogens is 3.